The molecule has 176 valence electrons. The molecule has 0 spiro atoms. The van der Waals surface area contributed by atoms with E-state index in [9.17, 15) is 13.2 Å². The van der Waals surface area contributed by atoms with Gasteiger partial charge in [-0.25, -0.2) is 8.42 Å². The van der Waals surface area contributed by atoms with Crippen LogP contribution >= 0.6 is 11.8 Å². The fraction of sp³-hybridized carbons (Fsp3) is 0.417. The van der Waals surface area contributed by atoms with Gasteiger partial charge in [-0.05, 0) is 56.7 Å². The zero-order valence-electron chi connectivity index (χ0n) is 19.1. The van der Waals surface area contributed by atoms with Crippen molar-refractivity contribution in [1.29, 1.82) is 0 Å². The van der Waals surface area contributed by atoms with Crippen LogP contribution in [0.2, 0.25) is 0 Å². The number of anilines is 2. The summed E-state index contributed by atoms with van der Waals surface area (Å²) >= 11 is 1.37. The van der Waals surface area contributed by atoms with Gasteiger partial charge in [0.05, 0.1) is 17.5 Å². The fourth-order valence-electron chi connectivity index (χ4n) is 4.34. The predicted molar refractivity (Wildman–Crippen MR) is 135 cm³/mol. The molecule has 7 nitrogen and oxygen atoms in total. The smallest absolute Gasteiger partial charge is 0.285 e. The number of amidine groups is 1. The number of carbonyl (C=O) groups excluding carboxylic acids is 1. The monoisotopic (exact) mass is 487 g/mol. The molecule has 1 amide bonds. The Labute approximate surface area is 199 Å². The molecule has 0 N–H and O–H groups in total. The molecule has 0 radical (unpaired) electrons. The molecular formula is C24H29N3O4S2. The third kappa shape index (κ3) is 5.19. The number of sulfone groups is 1. The van der Waals surface area contributed by atoms with Crippen LogP contribution in [-0.2, 0) is 14.6 Å². The average molecular weight is 488 g/mol. The lowest BCUT2D eigenvalue weighted by Crippen LogP contribution is -2.38. The first-order valence-electron chi connectivity index (χ1n) is 11.1. The number of ether oxygens (including phenoxy) is 1. The number of nitrogens with zero attached hydrogens (tertiary/aromatic N) is 3. The van der Waals surface area contributed by atoms with Gasteiger partial charge in [-0.1, -0.05) is 30.0 Å². The molecule has 0 saturated carbocycles. The van der Waals surface area contributed by atoms with E-state index < -0.39 is 15.7 Å². The standard InChI is InChI=1S/C24H29N3O4S2/c1-4-26(5-2)18-11-12-20(17(3)13-18)27-21-15-33(29,30)16-22(21)32-24(27)25-23(28)14-31-19-9-7-6-8-10-19/h6-13,21-22H,4-5,14-16H2,1-3H3/t21-,22+/m0/s1. The molecule has 2 atom stereocenters. The number of aryl methyl sites for hydroxylation is 1. The number of benzene rings is 2. The molecule has 2 aromatic carbocycles. The Hall–Kier alpha value is -2.52. The highest BCUT2D eigenvalue weighted by molar-refractivity contribution is 8.16. The number of hydrogen-bond acceptors (Lipinski definition) is 6. The number of aliphatic imine (C=N–C) groups is 1. The molecule has 33 heavy (non-hydrogen) atoms. The molecule has 0 unspecified atom stereocenters. The Balaban J connectivity index is 1.62. The minimum atomic E-state index is -3.12. The van der Waals surface area contributed by atoms with Gasteiger partial charge in [0, 0.05) is 29.7 Å². The van der Waals surface area contributed by atoms with Crippen molar-refractivity contribution < 1.29 is 17.9 Å². The van der Waals surface area contributed by atoms with Crippen molar-refractivity contribution in [2.75, 3.05) is 41.0 Å². The molecular weight excluding hydrogens is 458 g/mol. The van der Waals surface area contributed by atoms with E-state index >= 15 is 0 Å². The topological polar surface area (TPSA) is 79.3 Å². The molecule has 2 aliphatic heterocycles. The predicted octanol–water partition coefficient (Wildman–Crippen LogP) is 3.52. The summed E-state index contributed by atoms with van der Waals surface area (Å²) in [6.45, 7) is 7.88. The van der Waals surface area contributed by atoms with Gasteiger partial charge in [0.15, 0.2) is 21.6 Å². The summed E-state index contributed by atoms with van der Waals surface area (Å²) in [7, 11) is -3.12. The Morgan fingerprint density at radius 1 is 1.15 bits per heavy atom. The van der Waals surface area contributed by atoms with Crippen molar-refractivity contribution in [2.24, 2.45) is 4.99 Å². The highest BCUT2D eigenvalue weighted by Gasteiger charge is 2.49. The van der Waals surface area contributed by atoms with Crippen molar-refractivity contribution in [3.05, 3.63) is 54.1 Å². The molecule has 0 aliphatic carbocycles. The minimum Gasteiger partial charge on any atom is -0.484 e. The number of rotatable bonds is 7. The van der Waals surface area contributed by atoms with Gasteiger partial charge >= 0.3 is 0 Å². The van der Waals surface area contributed by atoms with Crippen LogP contribution in [0.4, 0.5) is 11.4 Å². The first-order valence-corrected chi connectivity index (χ1v) is 13.8. The van der Waals surface area contributed by atoms with E-state index in [0.717, 1.165) is 30.0 Å². The number of thioether (sulfide) groups is 1. The van der Waals surface area contributed by atoms with Crippen LogP contribution in [0.1, 0.15) is 19.4 Å². The Bertz CT molecular complexity index is 1150. The summed E-state index contributed by atoms with van der Waals surface area (Å²) in [5.41, 5.74) is 3.03. The number of carbonyl (C=O) groups is 1. The lowest BCUT2D eigenvalue weighted by molar-refractivity contribution is -0.119. The van der Waals surface area contributed by atoms with Gasteiger partial charge in [-0.3, -0.25) is 4.79 Å². The number of amides is 1. The summed E-state index contributed by atoms with van der Waals surface area (Å²) in [6, 6.07) is 15.1. The second-order valence-corrected chi connectivity index (χ2v) is 11.6. The number of para-hydroxylation sites is 1. The van der Waals surface area contributed by atoms with Crippen LogP contribution < -0.4 is 14.5 Å². The van der Waals surface area contributed by atoms with Crippen LogP contribution in [0.25, 0.3) is 0 Å². The minimum absolute atomic E-state index is 0.0651. The number of fused-ring (bicyclic) bond motifs is 1. The van der Waals surface area contributed by atoms with E-state index in [1.807, 2.05) is 36.1 Å². The molecule has 0 aromatic heterocycles. The second kappa shape index (κ2) is 9.77. The molecule has 9 heteroatoms. The SMILES string of the molecule is CCN(CC)c1ccc(N2C(=NC(=O)COc3ccccc3)S[C@@H]3CS(=O)(=O)C[C@@H]32)c(C)c1. The van der Waals surface area contributed by atoms with Gasteiger partial charge in [0.1, 0.15) is 5.75 Å². The molecule has 2 saturated heterocycles. The fourth-order valence-corrected chi connectivity index (χ4v) is 8.27. The third-order valence-electron chi connectivity index (χ3n) is 5.96. The van der Waals surface area contributed by atoms with E-state index in [4.69, 9.17) is 4.74 Å². The molecule has 2 aromatic rings. The zero-order chi connectivity index (χ0) is 23.6. The van der Waals surface area contributed by atoms with Crippen LogP contribution in [0, 0.1) is 6.92 Å². The molecule has 2 heterocycles. The summed E-state index contributed by atoms with van der Waals surface area (Å²) in [5, 5.41) is 0.402. The van der Waals surface area contributed by atoms with Crippen LogP contribution in [-0.4, -0.2) is 62.0 Å². The highest BCUT2D eigenvalue weighted by Crippen LogP contribution is 2.42. The van der Waals surface area contributed by atoms with Crippen molar-refractivity contribution in [3.63, 3.8) is 0 Å². The number of hydrogen-bond donors (Lipinski definition) is 0. The quantitative estimate of drug-likeness (QED) is 0.591. The zero-order valence-corrected chi connectivity index (χ0v) is 20.7. The Morgan fingerprint density at radius 3 is 2.55 bits per heavy atom. The van der Waals surface area contributed by atoms with Crippen molar-refractivity contribution in [3.8, 4) is 5.75 Å². The van der Waals surface area contributed by atoms with Gasteiger partial charge < -0.3 is 14.5 Å². The summed E-state index contributed by atoms with van der Waals surface area (Å²) < 4.78 is 30.2. The van der Waals surface area contributed by atoms with Crippen LogP contribution in [0.3, 0.4) is 0 Å². The second-order valence-electron chi connectivity index (χ2n) is 8.20. The van der Waals surface area contributed by atoms with E-state index in [2.05, 4.69) is 35.9 Å². The summed E-state index contributed by atoms with van der Waals surface area (Å²) in [5.74, 6) is 0.373. The van der Waals surface area contributed by atoms with Gasteiger partial charge in [0.2, 0.25) is 0 Å². The lowest BCUT2D eigenvalue weighted by Gasteiger charge is -2.28. The van der Waals surface area contributed by atoms with Crippen LogP contribution in [0.15, 0.2) is 53.5 Å². The van der Waals surface area contributed by atoms with Crippen LogP contribution in [0.5, 0.6) is 5.75 Å². The van der Waals surface area contributed by atoms with E-state index in [0.29, 0.717) is 10.9 Å². The maximum absolute atomic E-state index is 12.6. The molecule has 2 aliphatic rings. The van der Waals surface area contributed by atoms with Gasteiger partial charge in [-0.15, -0.1) is 0 Å². The molecule has 0 bridgehead atoms. The summed E-state index contributed by atoms with van der Waals surface area (Å²) in [6.07, 6.45) is 0. The normalized spacial score (nSPS) is 22.4. The lowest BCUT2D eigenvalue weighted by atomic mass is 10.1. The largest absolute Gasteiger partial charge is 0.484 e. The maximum atomic E-state index is 12.6. The molecule has 2 fully saturated rings. The average Bonchev–Trinajstić information content (AvgIpc) is 3.25. The first-order chi connectivity index (χ1) is 15.8. The van der Waals surface area contributed by atoms with E-state index in [-0.39, 0.29) is 29.4 Å². The van der Waals surface area contributed by atoms with Gasteiger partial charge in [-0.2, -0.15) is 4.99 Å². The highest BCUT2D eigenvalue weighted by atomic mass is 32.2. The summed E-state index contributed by atoms with van der Waals surface area (Å²) in [4.78, 5) is 21.2. The van der Waals surface area contributed by atoms with E-state index in [1.165, 1.54) is 11.8 Å². The Morgan fingerprint density at radius 2 is 1.88 bits per heavy atom. The molecule has 4 rings (SSSR count). The maximum Gasteiger partial charge on any atom is 0.285 e. The Kier molecular flexibility index (Phi) is 6.99. The van der Waals surface area contributed by atoms with Gasteiger partial charge in [0.25, 0.3) is 5.91 Å². The van der Waals surface area contributed by atoms with Crippen molar-refractivity contribution in [1.82, 2.24) is 0 Å². The van der Waals surface area contributed by atoms with Crippen molar-refractivity contribution in [2.45, 2.75) is 32.1 Å². The van der Waals surface area contributed by atoms with E-state index in [1.54, 1.807) is 12.1 Å². The van der Waals surface area contributed by atoms with Crippen molar-refractivity contribution >= 4 is 44.0 Å². The first kappa shape index (κ1) is 23.6. The third-order valence-corrected chi connectivity index (χ3v) is 9.17.